The van der Waals surface area contributed by atoms with Crippen molar-refractivity contribution in [3.63, 3.8) is 0 Å². The van der Waals surface area contributed by atoms with Gasteiger partial charge in [0.25, 0.3) is 0 Å². The molecular weight excluding hydrogens is 161 g/mol. The SMILES string of the molecule is [B]c1ccc(N2CCCC2=O)cc1. The Morgan fingerprint density at radius 3 is 2.46 bits per heavy atom. The van der Waals surface area contributed by atoms with E-state index in [0.717, 1.165) is 24.1 Å². The molecule has 1 amide bonds. The fraction of sp³-hybridized carbons (Fsp3) is 0.300. The first-order chi connectivity index (χ1) is 6.27. The van der Waals surface area contributed by atoms with Crippen molar-refractivity contribution in [3.05, 3.63) is 24.3 Å². The number of hydrogen-bond acceptors (Lipinski definition) is 1. The predicted molar refractivity (Wildman–Crippen MR) is 53.4 cm³/mol. The molecule has 0 bridgehead atoms. The van der Waals surface area contributed by atoms with Crippen molar-refractivity contribution in [3.8, 4) is 0 Å². The lowest BCUT2D eigenvalue weighted by molar-refractivity contribution is -0.117. The van der Waals surface area contributed by atoms with Gasteiger partial charge in [-0.05, 0) is 18.6 Å². The molecule has 1 aliphatic heterocycles. The Morgan fingerprint density at radius 1 is 1.23 bits per heavy atom. The highest BCUT2D eigenvalue weighted by molar-refractivity contribution is 6.32. The first-order valence-electron chi connectivity index (χ1n) is 4.43. The highest BCUT2D eigenvalue weighted by Crippen LogP contribution is 2.19. The second kappa shape index (κ2) is 3.25. The average Bonchev–Trinajstić information content (AvgIpc) is 2.53. The van der Waals surface area contributed by atoms with Crippen LogP contribution in [0, 0.1) is 0 Å². The average molecular weight is 171 g/mol. The number of rotatable bonds is 1. The summed E-state index contributed by atoms with van der Waals surface area (Å²) in [7, 11) is 5.56. The van der Waals surface area contributed by atoms with Gasteiger partial charge in [-0.3, -0.25) is 4.79 Å². The minimum Gasteiger partial charge on any atom is -0.312 e. The monoisotopic (exact) mass is 171 g/mol. The lowest BCUT2D eigenvalue weighted by atomic mass is 9.96. The Kier molecular flexibility index (Phi) is 2.09. The number of hydrogen-bond donors (Lipinski definition) is 0. The Bertz CT molecular complexity index is 320. The molecule has 2 radical (unpaired) electrons. The third kappa shape index (κ3) is 1.59. The van der Waals surface area contributed by atoms with Gasteiger partial charge in [-0.1, -0.05) is 17.6 Å². The predicted octanol–water partition coefficient (Wildman–Crippen LogP) is 0.607. The van der Waals surface area contributed by atoms with Crippen molar-refractivity contribution in [2.75, 3.05) is 11.4 Å². The normalized spacial score (nSPS) is 16.6. The van der Waals surface area contributed by atoms with Crippen LogP contribution in [0.5, 0.6) is 0 Å². The van der Waals surface area contributed by atoms with Crippen LogP contribution < -0.4 is 10.4 Å². The third-order valence-electron chi connectivity index (χ3n) is 2.28. The number of anilines is 1. The Labute approximate surface area is 79.0 Å². The molecule has 0 spiro atoms. The number of benzene rings is 1. The van der Waals surface area contributed by atoms with E-state index in [9.17, 15) is 4.79 Å². The largest absolute Gasteiger partial charge is 0.312 e. The summed E-state index contributed by atoms with van der Waals surface area (Å²) in [5.41, 5.74) is 1.69. The molecule has 0 aromatic heterocycles. The molecule has 2 nitrogen and oxygen atoms in total. The van der Waals surface area contributed by atoms with Crippen LogP contribution in [-0.4, -0.2) is 20.3 Å². The van der Waals surface area contributed by atoms with Gasteiger partial charge in [0.1, 0.15) is 7.85 Å². The minimum absolute atomic E-state index is 0.213. The van der Waals surface area contributed by atoms with E-state index in [1.807, 2.05) is 24.3 Å². The van der Waals surface area contributed by atoms with Crippen LogP contribution in [-0.2, 0) is 4.79 Å². The summed E-state index contributed by atoms with van der Waals surface area (Å²) in [6.07, 6.45) is 1.63. The fourth-order valence-corrected chi connectivity index (χ4v) is 1.58. The standard InChI is InChI=1S/C10H10BNO/c11-8-3-5-9(6-4-8)12-7-1-2-10(12)13/h3-6H,1-2,7H2. The van der Waals surface area contributed by atoms with Gasteiger partial charge in [-0.25, -0.2) is 0 Å². The molecule has 3 heteroatoms. The van der Waals surface area contributed by atoms with Gasteiger partial charge in [-0.2, -0.15) is 0 Å². The maximum Gasteiger partial charge on any atom is 0.227 e. The van der Waals surface area contributed by atoms with Gasteiger partial charge < -0.3 is 4.90 Å². The summed E-state index contributed by atoms with van der Waals surface area (Å²) in [5, 5.41) is 0. The second-order valence-electron chi connectivity index (χ2n) is 3.24. The lowest BCUT2D eigenvalue weighted by Gasteiger charge is -2.15. The number of carbonyl (C=O) groups is 1. The van der Waals surface area contributed by atoms with E-state index in [-0.39, 0.29) is 5.91 Å². The molecule has 0 atom stereocenters. The zero-order valence-electron chi connectivity index (χ0n) is 7.36. The highest BCUT2D eigenvalue weighted by Gasteiger charge is 2.20. The van der Waals surface area contributed by atoms with Gasteiger partial charge in [0, 0.05) is 18.7 Å². The highest BCUT2D eigenvalue weighted by atomic mass is 16.2. The van der Waals surface area contributed by atoms with Crippen molar-refractivity contribution in [2.24, 2.45) is 0 Å². The van der Waals surface area contributed by atoms with Crippen LogP contribution in [0.1, 0.15) is 12.8 Å². The summed E-state index contributed by atoms with van der Waals surface area (Å²) >= 11 is 0. The Hall–Kier alpha value is -1.25. The van der Waals surface area contributed by atoms with E-state index in [2.05, 4.69) is 0 Å². The maximum atomic E-state index is 11.4. The molecule has 1 aliphatic rings. The summed E-state index contributed by atoms with van der Waals surface area (Å²) < 4.78 is 0. The van der Waals surface area contributed by atoms with E-state index in [1.165, 1.54) is 0 Å². The number of carbonyl (C=O) groups excluding carboxylic acids is 1. The molecular formula is C10H10BNO. The van der Waals surface area contributed by atoms with Crippen molar-refractivity contribution >= 4 is 24.9 Å². The smallest absolute Gasteiger partial charge is 0.227 e. The zero-order chi connectivity index (χ0) is 9.26. The number of amides is 1. The molecule has 2 rings (SSSR count). The van der Waals surface area contributed by atoms with E-state index in [1.54, 1.807) is 4.90 Å². The van der Waals surface area contributed by atoms with E-state index in [0.29, 0.717) is 6.42 Å². The Balaban J connectivity index is 2.25. The van der Waals surface area contributed by atoms with Crippen LogP contribution >= 0.6 is 0 Å². The summed E-state index contributed by atoms with van der Waals surface area (Å²) in [4.78, 5) is 13.2. The fourth-order valence-electron chi connectivity index (χ4n) is 1.58. The van der Waals surface area contributed by atoms with Crippen LogP contribution in [0.25, 0.3) is 0 Å². The third-order valence-corrected chi connectivity index (χ3v) is 2.28. The van der Waals surface area contributed by atoms with Gasteiger partial charge in [0.15, 0.2) is 0 Å². The van der Waals surface area contributed by atoms with Crippen molar-refractivity contribution in [1.29, 1.82) is 0 Å². The summed E-state index contributed by atoms with van der Waals surface area (Å²) in [6, 6.07) is 7.42. The topological polar surface area (TPSA) is 20.3 Å². The number of nitrogens with zero attached hydrogens (tertiary/aromatic N) is 1. The molecule has 1 saturated heterocycles. The van der Waals surface area contributed by atoms with Crippen LogP contribution in [0.3, 0.4) is 0 Å². The summed E-state index contributed by atoms with van der Waals surface area (Å²) in [5.74, 6) is 0.213. The van der Waals surface area contributed by atoms with Crippen LogP contribution in [0.4, 0.5) is 5.69 Å². The van der Waals surface area contributed by atoms with Gasteiger partial charge in [-0.15, -0.1) is 0 Å². The second-order valence-corrected chi connectivity index (χ2v) is 3.24. The molecule has 0 unspecified atom stereocenters. The quantitative estimate of drug-likeness (QED) is 0.566. The maximum absolute atomic E-state index is 11.4. The van der Waals surface area contributed by atoms with Crippen LogP contribution in [0.2, 0.25) is 0 Å². The first kappa shape index (κ1) is 8.36. The van der Waals surface area contributed by atoms with E-state index >= 15 is 0 Å². The lowest BCUT2D eigenvalue weighted by Crippen LogP contribution is -2.23. The zero-order valence-corrected chi connectivity index (χ0v) is 7.36. The molecule has 0 aliphatic carbocycles. The molecule has 0 N–H and O–H groups in total. The molecule has 64 valence electrons. The van der Waals surface area contributed by atoms with E-state index < -0.39 is 0 Å². The van der Waals surface area contributed by atoms with Crippen molar-refractivity contribution < 1.29 is 4.79 Å². The molecule has 1 heterocycles. The molecule has 1 fully saturated rings. The first-order valence-corrected chi connectivity index (χ1v) is 4.43. The Morgan fingerprint density at radius 2 is 1.92 bits per heavy atom. The van der Waals surface area contributed by atoms with E-state index in [4.69, 9.17) is 7.85 Å². The summed E-state index contributed by atoms with van der Waals surface area (Å²) in [6.45, 7) is 0.836. The van der Waals surface area contributed by atoms with Gasteiger partial charge in [0.2, 0.25) is 5.91 Å². The van der Waals surface area contributed by atoms with Gasteiger partial charge in [0.05, 0.1) is 0 Å². The minimum atomic E-state index is 0.213. The molecule has 1 aromatic carbocycles. The van der Waals surface area contributed by atoms with Crippen molar-refractivity contribution in [1.82, 2.24) is 0 Å². The molecule has 0 saturated carbocycles. The van der Waals surface area contributed by atoms with Crippen LogP contribution in [0.15, 0.2) is 24.3 Å². The molecule has 1 aromatic rings. The van der Waals surface area contributed by atoms with Gasteiger partial charge >= 0.3 is 0 Å². The van der Waals surface area contributed by atoms with Crippen molar-refractivity contribution in [2.45, 2.75) is 12.8 Å². The molecule has 13 heavy (non-hydrogen) atoms.